The normalized spacial score (nSPS) is 13.4. The van der Waals surface area contributed by atoms with Crippen molar-refractivity contribution in [2.24, 2.45) is 0 Å². The third kappa shape index (κ3) is 11.3. The van der Waals surface area contributed by atoms with Crippen LogP contribution in [0.5, 0.6) is 23.0 Å². The molecule has 2 aliphatic rings. The first-order valence-electron chi connectivity index (χ1n) is 15.7. The van der Waals surface area contributed by atoms with Gasteiger partial charge in [0.25, 0.3) is 0 Å². The van der Waals surface area contributed by atoms with Gasteiger partial charge in [0.15, 0.2) is 17.3 Å². The first-order chi connectivity index (χ1) is 21.9. The SMILES string of the molecule is CC.CC.CC.CC.CC(O)P1(=O)Oc2ccccc2Cc2ccccc2O1.O=[P+]1Oc2ccccc2Cc2ccccc2O1. The van der Waals surface area contributed by atoms with Gasteiger partial charge < -0.3 is 14.2 Å². The van der Waals surface area contributed by atoms with E-state index >= 15 is 0 Å². The monoisotopic (exact) mass is 655 g/mol. The van der Waals surface area contributed by atoms with Crippen molar-refractivity contribution in [2.75, 3.05) is 0 Å². The molecule has 0 bridgehead atoms. The molecule has 9 heteroatoms. The summed E-state index contributed by atoms with van der Waals surface area (Å²) in [5.41, 5.74) is 3.88. The Bertz CT molecular complexity index is 1390. The van der Waals surface area contributed by atoms with E-state index in [9.17, 15) is 14.2 Å². The fourth-order valence-corrected chi connectivity index (χ4v) is 5.95. The van der Waals surface area contributed by atoms with Gasteiger partial charge in [0.1, 0.15) is 11.5 Å². The number of aliphatic hydroxyl groups is 1. The van der Waals surface area contributed by atoms with Crippen LogP contribution in [0.3, 0.4) is 0 Å². The lowest BCUT2D eigenvalue weighted by molar-refractivity contribution is 0.223. The minimum atomic E-state index is -3.67. The lowest BCUT2D eigenvalue weighted by atomic mass is 10.0. The van der Waals surface area contributed by atoms with Gasteiger partial charge in [0.05, 0.1) is 0 Å². The zero-order valence-electron chi connectivity index (χ0n) is 28.0. The lowest BCUT2D eigenvalue weighted by Gasteiger charge is -2.26. The molecule has 1 atom stereocenters. The molecule has 0 fully saturated rings. The van der Waals surface area contributed by atoms with E-state index in [1.54, 1.807) is 36.4 Å². The molecule has 0 spiro atoms. The van der Waals surface area contributed by atoms with E-state index in [-0.39, 0.29) is 0 Å². The molecule has 7 nitrogen and oxygen atoms in total. The number of fused-ring (bicyclic) bond motifs is 4. The molecule has 45 heavy (non-hydrogen) atoms. The number of aliphatic hydroxyl groups excluding tert-OH is 1. The van der Waals surface area contributed by atoms with Crippen molar-refractivity contribution in [1.82, 2.24) is 0 Å². The Labute approximate surface area is 271 Å². The summed E-state index contributed by atoms with van der Waals surface area (Å²) in [6.07, 6.45) is 1.35. The van der Waals surface area contributed by atoms with Crippen LogP contribution in [-0.4, -0.2) is 11.0 Å². The smallest absolute Gasteiger partial charge is 0.414 e. The van der Waals surface area contributed by atoms with E-state index in [2.05, 4.69) is 0 Å². The molecule has 4 aromatic carbocycles. The van der Waals surface area contributed by atoms with Gasteiger partial charge in [-0.25, -0.2) is 13.6 Å². The van der Waals surface area contributed by atoms with E-state index in [4.69, 9.17) is 18.1 Å². The first-order valence-corrected chi connectivity index (χ1v) is 18.4. The summed E-state index contributed by atoms with van der Waals surface area (Å²) in [5, 5.41) is 9.79. The van der Waals surface area contributed by atoms with Gasteiger partial charge in [0.2, 0.25) is 0 Å². The second-order valence-corrected chi connectivity index (χ2v) is 11.5. The third-order valence-electron chi connectivity index (χ3n) is 5.91. The summed E-state index contributed by atoms with van der Waals surface area (Å²) in [7, 11) is -5.82. The maximum absolute atomic E-state index is 12.7. The van der Waals surface area contributed by atoms with Crippen LogP contribution in [0.25, 0.3) is 0 Å². The molecule has 244 valence electrons. The van der Waals surface area contributed by atoms with Crippen LogP contribution in [0.1, 0.15) is 84.6 Å². The lowest BCUT2D eigenvalue weighted by Crippen LogP contribution is -2.16. The van der Waals surface area contributed by atoms with Gasteiger partial charge in [-0.1, -0.05) is 128 Å². The molecule has 0 aliphatic carbocycles. The van der Waals surface area contributed by atoms with Crippen LogP contribution < -0.4 is 18.1 Å². The highest BCUT2D eigenvalue weighted by molar-refractivity contribution is 7.55. The highest BCUT2D eigenvalue weighted by Crippen LogP contribution is 2.54. The first kappa shape index (κ1) is 39.4. The number of rotatable bonds is 1. The minimum absolute atomic E-state index is 0.492. The van der Waals surface area contributed by atoms with Crippen molar-refractivity contribution in [2.45, 2.75) is 81.0 Å². The molecule has 2 heterocycles. The molecule has 0 amide bonds. The Morgan fingerprint density at radius 2 is 0.822 bits per heavy atom. The van der Waals surface area contributed by atoms with Gasteiger partial charge in [0, 0.05) is 28.5 Å². The third-order valence-corrected chi connectivity index (χ3v) is 8.42. The average Bonchev–Trinajstić information content (AvgIpc) is 3.07. The fraction of sp³-hybridized carbons (Fsp3) is 0.333. The summed E-state index contributed by atoms with van der Waals surface area (Å²) in [6, 6.07) is 29.9. The number of para-hydroxylation sites is 4. The topological polar surface area (TPSA) is 91.3 Å². The predicted molar refractivity (Wildman–Crippen MR) is 186 cm³/mol. The van der Waals surface area contributed by atoms with E-state index in [0.29, 0.717) is 29.4 Å². The maximum Gasteiger partial charge on any atom is 0.805 e. The largest absolute Gasteiger partial charge is 0.805 e. The number of benzene rings is 4. The van der Waals surface area contributed by atoms with Gasteiger partial charge in [-0.15, -0.1) is 0 Å². The molecule has 4 aromatic rings. The molecular formula is C36H49O7P2+. The van der Waals surface area contributed by atoms with Crippen LogP contribution in [0.4, 0.5) is 0 Å². The summed E-state index contributed by atoms with van der Waals surface area (Å²) in [4.78, 5) is 0. The van der Waals surface area contributed by atoms with Gasteiger partial charge >= 0.3 is 15.9 Å². The van der Waals surface area contributed by atoms with Crippen LogP contribution in [-0.2, 0) is 22.0 Å². The Kier molecular flexibility index (Phi) is 18.5. The number of hydrogen-bond acceptors (Lipinski definition) is 7. The average molecular weight is 656 g/mol. The molecular weight excluding hydrogens is 606 g/mol. The molecule has 6 rings (SSSR count). The van der Waals surface area contributed by atoms with Crippen LogP contribution in [0.15, 0.2) is 97.1 Å². The Hall–Kier alpha value is -3.63. The molecule has 1 N–H and O–H groups in total. The molecule has 0 saturated carbocycles. The van der Waals surface area contributed by atoms with Crippen molar-refractivity contribution < 1.29 is 32.3 Å². The zero-order valence-corrected chi connectivity index (χ0v) is 29.8. The van der Waals surface area contributed by atoms with Crippen molar-refractivity contribution in [1.29, 1.82) is 0 Å². The van der Waals surface area contributed by atoms with E-state index in [0.717, 1.165) is 28.7 Å². The second kappa shape index (κ2) is 21.2. The quantitative estimate of drug-likeness (QED) is 0.204. The van der Waals surface area contributed by atoms with E-state index < -0.39 is 21.7 Å². The van der Waals surface area contributed by atoms with Crippen LogP contribution >= 0.6 is 15.9 Å². The Morgan fingerprint density at radius 1 is 0.556 bits per heavy atom. The van der Waals surface area contributed by atoms with Crippen molar-refractivity contribution in [3.05, 3.63) is 119 Å². The highest BCUT2D eigenvalue weighted by Gasteiger charge is 2.37. The van der Waals surface area contributed by atoms with Gasteiger partial charge in [-0.05, 0) is 42.3 Å². The summed E-state index contributed by atoms with van der Waals surface area (Å²) < 4.78 is 46.0. The van der Waals surface area contributed by atoms with Crippen LogP contribution in [0.2, 0.25) is 0 Å². The van der Waals surface area contributed by atoms with Crippen LogP contribution in [0, 0.1) is 0 Å². The molecule has 2 aliphatic heterocycles. The summed E-state index contributed by atoms with van der Waals surface area (Å²) in [5.74, 6) is 1.03. The molecule has 1 unspecified atom stereocenters. The van der Waals surface area contributed by atoms with Gasteiger partial charge in [-0.2, -0.15) is 0 Å². The number of hydrogen-bond donors (Lipinski definition) is 1. The highest BCUT2D eigenvalue weighted by atomic mass is 31.2. The standard InChI is InChI=1S/C15H15O4P.C13H10O3P.4C2H6/c1-11(16)20(17)18-14-8-4-2-6-12(14)10-13-7-3-5-9-15(13)19-20;14-17-15-12-7-3-1-5-10(12)9-11-6-2-4-8-13(11)16-17;4*1-2/h2-9,11,16H,10H2,1H3;1-8H,9H2;4*1-2H3/q;+1;;;;. The minimum Gasteiger partial charge on any atom is -0.414 e. The summed E-state index contributed by atoms with van der Waals surface area (Å²) in [6.45, 7) is 17.4. The van der Waals surface area contributed by atoms with Crippen molar-refractivity contribution in [3.8, 4) is 23.0 Å². The van der Waals surface area contributed by atoms with E-state index in [1.807, 2.05) is 116 Å². The van der Waals surface area contributed by atoms with Crippen molar-refractivity contribution in [3.63, 3.8) is 0 Å². The zero-order chi connectivity index (χ0) is 33.8. The maximum atomic E-state index is 12.7. The van der Waals surface area contributed by atoms with E-state index in [1.165, 1.54) is 6.92 Å². The molecule has 0 saturated heterocycles. The fourth-order valence-electron chi connectivity index (χ4n) is 3.99. The predicted octanol–water partition coefficient (Wildman–Crippen LogP) is 11.4. The summed E-state index contributed by atoms with van der Waals surface area (Å²) >= 11 is 0. The molecule has 0 radical (unpaired) electrons. The van der Waals surface area contributed by atoms with Gasteiger partial charge in [-0.3, -0.25) is 0 Å². The Morgan fingerprint density at radius 3 is 1.13 bits per heavy atom. The second-order valence-electron chi connectivity index (χ2n) is 8.54. The van der Waals surface area contributed by atoms with Crippen molar-refractivity contribution >= 4 is 15.9 Å². The molecule has 0 aromatic heterocycles. The Balaban J connectivity index is 0.000000372.